The molecular formula is C46H39N3. The Kier molecular flexibility index (Phi) is 8.08. The van der Waals surface area contributed by atoms with Crippen molar-refractivity contribution < 1.29 is 0 Å². The van der Waals surface area contributed by atoms with Gasteiger partial charge in [-0.2, -0.15) is 5.26 Å². The fourth-order valence-electron chi connectivity index (χ4n) is 7.89. The summed E-state index contributed by atoms with van der Waals surface area (Å²) in [6.07, 6.45) is 9.33. The smallest absolute Gasteiger partial charge is 0.101 e. The highest BCUT2D eigenvalue weighted by Gasteiger charge is 2.23. The maximum atomic E-state index is 10.1. The third kappa shape index (κ3) is 5.21. The van der Waals surface area contributed by atoms with Gasteiger partial charge in [0.25, 0.3) is 0 Å². The first-order valence-corrected chi connectivity index (χ1v) is 17.6. The van der Waals surface area contributed by atoms with Crippen LogP contribution in [0, 0.1) is 11.3 Å². The van der Waals surface area contributed by atoms with Gasteiger partial charge in [-0.15, -0.1) is 0 Å². The maximum absolute atomic E-state index is 10.1. The van der Waals surface area contributed by atoms with Gasteiger partial charge in [-0.1, -0.05) is 111 Å². The molecule has 238 valence electrons. The molecule has 3 nitrogen and oxygen atoms in total. The van der Waals surface area contributed by atoms with E-state index in [0.29, 0.717) is 5.56 Å². The predicted molar refractivity (Wildman–Crippen MR) is 208 cm³/mol. The van der Waals surface area contributed by atoms with Crippen molar-refractivity contribution in [1.82, 2.24) is 0 Å². The topological polar surface area (TPSA) is 30.3 Å². The van der Waals surface area contributed by atoms with Crippen molar-refractivity contribution >= 4 is 55.1 Å². The average Bonchev–Trinajstić information content (AvgIpc) is 3.18. The van der Waals surface area contributed by atoms with Crippen molar-refractivity contribution in [3.8, 4) is 17.2 Å². The molecule has 49 heavy (non-hydrogen) atoms. The Morgan fingerprint density at radius 3 is 2.14 bits per heavy atom. The van der Waals surface area contributed by atoms with Crippen molar-refractivity contribution in [2.45, 2.75) is 39.5 Å². The van der Waals surface area contributed by atoms with Crippen LogP contribution in [0.15, 0.2) is 151 Å². The average molecular weight is 634 g/mol. The molecule has 0 aromatic heterocycles. The van der Waals surface area contributed by atoms with Crippen LogP contribution < -0.4 is 9.80 Å². The number of hydrogen-bond donors (Lipinski definition) is 0. The van der Waals surface area contributed by atoms with Gasteiger partial charge < -0.3 is 9.80 Å². The Hall–Kier alpha value is -5.85. The Morgan fingerprint density at radius 1 is 0.653 bits per heavy atom. The normalized spacial score (nSPS) is 14.1. The van der Waals surface area contributed by atoms with Crippen molar-refractivity contribution in [2.24, 2.45) is 0 Å². The van der Waals surface area contributed by atoms with E-state index in [0.717, 1.165) is 36.4 Å². The highest BCUT2D eigenvalue weighted by atomic mass is 15.2. The largest absolute Gasteiger partial charge is 0.345 e. The standard InChI is InChI=1S/C44H33N3.C2H6/c45-29-34-10-5-7-15-41(34)47(36-12-2-1-3-13-36)42-27-21-33-19-25-38-37(24-18-32-20-26-39(42)44(33)43(32)38)30-16-22-35(23-17-30)46-28-8-11-31-9-4-6-14-40(31)46;1-2/h1-5,7,9-10,12-13,15-27H,6,8,11,14,28H2;1-2H3. The van der Waals surface area contributed by atoms with Crippen LogP contribution in [-0.2, 0) is 0 Å². The number of rotatable bonds is 5. The number of nitrogens with zero attached hydrogens (tertiary/aromatic N) is 3. The second-order valence-electron chi connectivity index (χ2n) is 12.6. The molecule has 0 fully saturated rings. The number of anilines is 4. The highest BCUT2D eigenvalue weighted by Crippen LogP contribution is 2.46. The van der Waals surface area contributed by atoms with Gasteiger partial charge >= 0.3 is 0 Å². The molecule has 9 rings (SSSR count). The van der Waals surface area contributed by atoms with E-state index in [4.69, 9.17) is 0 Å². The molecule has 7 aromatic carbocycles. The van der Waals surface area contributed by atoms with E-state index in [1.807, 2.05) is 44.2 Å². The van der Waals surface area contributed by atoms with Gasteiger partial charge in [0.15, 0.2) is 0 Å². The SMILES string of the molecule is CC.N#Cc1ccccc1N(c1ccccc1)c1ccc2ccc3c(-c4ccc(N5CCCC6=C5CCC=C6)cc4)ccc4ccc1c2c43. The Bertz CT molecular complexity index is 2390. The third-order valence-corrected chi connectivity index (χ3v) is 10.0. The summed E-state index contributed by atoms with van der Waals surface area (Å²) in [4.78, 5) is 4.77. The quantitative estimate of drug-likeness (QED) is 0.177. The fourth-order valence-corrected chi connectivity index (χ4v) is 7.89. The lowest BCUT2D eigenvalue weighted by molar-refractivity contribution is 0.692. The van der Waals surface area contributed by atoms with Crippen LogP contribution in [-0.4, -0.2) is 6.54 Å². The van der Waals surface area contributed by atoms with Crippen LogP contribution in [0.4, 0.5) is 22.7 Å². The van der Waals surface area contributed by atoms with E-state index < -0.39 is 0 Å². The van der Waals surface area contributed by atoms with Crippen LogP contribution in [0.25, 0.3) is 43.4 Å². The Morgan fingerprint density at radius 2 is 1.35 bits per heavy atom. The summed E-state index contributed by atoms with van der Waals surface area (Å²) in [7, 11) is 0. The van der Waals surface area contributed by atoms with Crippen LogP contribution in [0.5, 0.6) is 0 Å². The van der Waals surface area contributed by atoms with Crippen LogP contribution in [0.2, 0.25) is 0 Å². The minimum atomic E-state index is 0.643. The summed E-state index contributed by atoms with van der Waals surface area (Å²) in [5.41, 5.74) is 10.4. The molecule has 0 N–H and O–H groups in total. The molecule has 2 aliphatic rings. The minimum Gasteiger partial charge on any atom is -0.345 e. The van der Waals surface area contributed by atoms with Gasteiger partial charge in [0.1, 0.15) is 6.07 Å². The molecule has 0 atom stereocenters. The second-order valence-corrected chi connectivity index (χ2v) is 12.6. The van der Waals surface area contributed by atoms with Crippen molar-refractivity contribution in [2.75, 3.05) is 16.3 Å². The summed E-state index contributed by atoms with van der Waals surface area (Å²) in [5.74, 6) is 0. The third-order valence-electron chi connectivity index (χ3n) is 10.0. The van der Waals surface area contributed by atoms with Crippen molar-refractivity contribution in [3.63, 3.8) is 0 Å². The zero-order valence-corrected chi connectivity index (χ0v) is 28.2. The van der Waals surface area contributed by atoms with Gasteiger partial charge in [0.2, 0.25) is 0 Å². The van der Waals surface area contributed by atoms with Gasteiger partial charge in [0.05, 0.1) is 16.9 Å². The van der Waals surface area contributed by atoms with E-state index in [-0.39, 0.29) is 0 Å². The molecule has 3 heteroatoms. The predicted octanol–water partition coefficient (Wildman–Crippen LogP) is 12.8. The molecule has 1 aliphatic heterocycles. The van der Waals surface area contributed by atoms with Crippen LogP contribution >= 0.6 is 0 Å². The zero-order valence-electron chi connectivity index (χ0n) is 28.2. The lowest BCUT2D eigenvalue weighted by atomic mass is 9.89. The number of allylic oxidation sites excluding steroid dienone is 4. The summed E-state index contributed by atoms with van der Waals surface area (Å²) in [6, 6.07) is 47.9. The van der Waals surface area contributed by atoms with Crippen LogP contribution in [0.3, 0.4) is 0 Å². The van der Waals surface area contributed by atoms with Gasteiger partial charge in [-0.3, -0.25) is 0 Å². The number of para-hydroxylation sites is 2. The summed E-state index contributed by atoms with van der Waals surface area (Å²) >= 11 is 0. The van der Waals surface area contributed by atoms with E-state index in [1.54, 1.807) is 0 Å². The van der Waals surface area contributed by atoms with Crippen molar-refractivity contribution in [1.29, 1.82) is 5.26 Å². The molecule has 1 heterocycles. The molecule has 0 unspecified atom stereocenters. The number of nitriles is 1. The summed E-state index contributed by atoms with van der Waals surface area (Å²) < 4.78 is 0. The minimum absolute atomic E-state index is 0.643. The molecular weight excluding hydrogens is 595 g/mol. The van der Waals surface area contributed by atoms with E-state index in [1.165, 1.54) is 73.2 Å². The second kappa shape index (κ2) is 13.0. The van der Waals surface area contributed by atoms with Crippen molar-refractivity contribution in [3.05, 3.63) is 156 Å². The molecule has 0 spiro atoms. The number of benzene rings is 7. The lowest BCUT2D eigenvalue weighted by Crippen LogP contribution is -2.29. The first kappa shape index (κ1) is 30.5. The maximum Gasteiger partial charge on any atom is 0.101 e. The molecule has 0 saturated carbocycles. The van der Waals surface area contributed by atoms with Gasteiger partial charge in [0, 0.05) is 29.0 Å². The van der Waals surface area contributed by atoms with E-state index >= 15 is 0 Å². The van der Waals surface area contributed by atoms with E-state index in [9.17, 15) is 5.26 Å². The van der Waals surface area contributed by atoms with Gasteiger partial charge in [-0.25, -0.2) is 0 Å². The molecule has 0 bridgehead atoms. The first-order chi connectivity index (χ1) is 24.3. The number of hydrogen-bond acceptors (Lipinski definition) is 3. The molecule has 1 aliphatic carbocycles. The zero-order chi connectivity index (χ0) is 33.3. The van der Waals surface area contributed by atoms with Crippen LogP contribution in [0.1, 0.15) is 45.1 Å². The lowest BCUT2D eigenvalue weighted by Gasteiger charge is -2.35. The Balaban J connectivity index is 0.00000171. The highest BCUT2D eigenvalue weighted by molar-refractivity contribution is 6.27. The molecule has 0 amide bonds. The molecule has 0 radical (unpaired) electrons. The summed E-state index contributed by atoms with van der Waals surface area (Å²) in [6.45, 7) is 5.09. The Labute approximate surface area is 289 Å². The van der Waals surface area contributed by atoms with E-state index in [2.05, 4.69) is 125 Å². The summed E-state index contributed by atoms with van der Waals surface area (Å²) in [5, 5.41) is 17.5. The molecule has 7 aromatic rings. The monoisotopic (exact) mass is 633 g/mol. The fraction of sp³-hybridized carbons (Fsp3) is 0.152. The van der Waals surface area contributed by atoms with Gasteiger partial charge in [-0.05, 0) is 112 Å². The first-order valence-electron chi connectivity index (χ1n) is 17.6. The molecule has 0 saturated heterocycles.